The lowest BCUT2D eigenvalue weighted by Gasteiger charge is -2.42. The Labute approximate surface area is 220 Å². The van der Waals surface area contributed by atoms with E-state index < -0.39 is 41.0 Å². The average Bonchev–Trinajstić information content (AvgIpc) is 3.32. The van der Waals surface area contributed by atoms with Crippen molar-refractivity contribution in [3.8, 4) is 5.75 Å². The topological polar surface area (TPSA) is 103 Å². The van der Waals surface area contributed by atoms with Gasteiger partial charge in [0, 0.05) is 17.5 Å². The summed E-state index contributed by atoms with van der Waals surface area (Å²) in [6, 6.07) is 4.55. The summed E-state index contributed by atoms with van der Waals surface area (Å²) in [5, 5.41) is 3.61. The molecule has 3 atom stereocenters. The van der Waals surface area contributed by atoms with Crippen molar-refractivity contribution in [3.63, 3.8) is 0 Å². The van der Waals surface area contributed by atoms with E-state index in [0.717, 1.165) is 12.0 Å². The van der Waals surface area contributed by atoms with Crippen LogP contribution >= 0.6 is 0 Å². The van der Waals surface area contributed by atoms with Gasteiger partial charge in [0.2, 0.25) is 0 Å². The van der Waals surface area contributed by atoms with Crippen molar-refractivity contribution in [2.45, 2.75) is 84.4 Å². The Bertz CT molecular complexity index is 985. The van der Waals surface area contributed by atoms with Crippen LogP contribution in [0, 0.1) is 11.8 Å². The first-order valence-corrected chi connectivity index (χ1v) is 13.2. The lowest BCUT2D eigenvalue weighted by atomic mass is 9.65. The van der Waals surface area contributed by atoms with Crippen LogP contribution in [0.3, 0.4) is 0 Å². The zero-order valence-electron chi connectivity index (χ0n) is 23.4. The molecule has 1 fully saturated rings. The van der Waals surface area contributed by atoms with E-state index in [-0.39, 0.29) is 19.3 Å². The van der Waals surface area contributed by atoms with Gasteiger partial charge in [-0.05, 0) is 71.6 Å². The van der Waals surface area contributed by atoms with Crippen LogP contribution < -0.4 is 15.0 Å². The molecule has 1 N–H and O–H groups in total. The summed E-state index contributed by atoms with van der Waals surface area (Å²) in [4.78, 5) is 42.4. The van der Waals surface area contributed by atoms with E-state index in [1.54, 1.807) is 47.8 Å². The molecule has 0 radical (unpaired) electrons. The number of nitrogens with zero attached hydrogens (tertiary/aromatic N) is 1. The molecule has 1 aromatic carbocycles. The second-order valence-corrected chi connectivity index (χ2v) is 11.1. The molecule has 0 unspecified atom stereocenters. The fraction of sp³-hybridized carbons (Fsp3) is 0.679. The molecule has 206 valence electrons. The minimum Gasteiger partial charge on any atom is -0.497 e. The van der Waals surface area contributed by atoms with E-state index >= 15 is 0 Å². The SMILES string of the molecule is CCOC(=O)C(C(=O)OCC)[C@@H]1N(C(=O)OC(C)(C)C)c2cc(OC)ccc2[C@@]12CCN[C@H]2CC(C)C. The third kappa shape index (κ3) is 5.56. The Balaban J connectivity index is 2.34. The molecule has 2 aliphatic heterocycles. The van der Waals surface area contributed by atoms with Crippen molar-refractivity contribution < 1.29 is 33.3 Å². The fourth-order valence-electron chi connectivity index (χ4n) is 5.81. The second-order valence-electron chi connectivity index (χ2n) is 11.1. The first-order valence-electron chi connectivity index (χ1n) is 13.2. The molecule has 1 saturated heterocycles. The van der Waals surface area contributed by atoms with Gasteiger partial charge in [-0.2, -0.15) is 0 Å². The van der Waals surface area contributed by atoms with Crippen LogP contribution in [0.1, 0.15) is 66.9 Å². The van der Waals surface area contributed by atoms with Crippen LogP contribution in [0.2, 0.25) is 0 Å². The van der Waals surface area contributed by atoms with Crippen molar-refractivity contribution in [1.29, 1.82) is 0 Å². The van der Waals surface area contributed by atoms with Crippen LogP contribution in [-0.4, -0.2) is 62.6 Å². The summed E-state index contributed by atoms with van der Waals surface area (Å²) in [5.74, 6) is -1.91. The largest absolute Gasteiger partial charge is 0.497 e. The molecule has 0 aliphatic carbocycles. The van der Waals surface area contributed by atoms with Gasteiger partial charge in [-0.1, -0.05) is 19.9 Å². The van der Waals surface area contributed by atoms with Crippen LogP contribution in [0.5, 0.6) is 5.75 Å². The van der Waals surface area contributed by atoms with Gasteiger partial charge < -0.3 is 24.3 Å². The van der Waals surface area contributed by atoms with Gasteiger partial charge in [-0.15, -0.1) is 0 Å². The minimum atomic E-state index is -1.36. The van der Waals surface area contributed by atoms with Crippen molar-refractivity contribution in [2.24, 2.45) is 11.8 Å². The summed E-state index contributed by atoms with van der Waals surface area (Å²) in [6.07, 6.45) is 0.753. The van der Waals surface area contributed by atoms with E-state index in [1.807, 2.05) is 12.1 Å². The first-order chi connectivity index (χ1) is 17.4. The lowest BCUT2D eigenvalue weighted by Crippen LogP contribution is -2.60. The van der Waals surface area contributed by atoms with Gasteiger partial charge in [0.15, 0.2) is 5.92 Å². The molecule has 0 bridgehead atoms. The normalized spacial score (nSPS) is 22.9. The van der Waals surface area contributed by atoms with Crippen molar-refractivity contribution >= 4 is 23.7 Å². The molecular weight excluding hydrogens is 476 g/mol. The fourth-order valence-corrected chi connectivity index (χ4v) is 5.81. The van der Waals surface area contributed by atoms with Gasteiger partial charge in [0.1, 0.15) is 11.4 Å². The van der Waals surface area contributed by atoms with Crippen LogP contribution in [-0.2, 0) is 29.2 Å². The quantitative estimate of drug-likeness (QED) is 0.310. The number of methoxy groups -OCH3 is 1. The van der Waals surface area contributed by atoms with Crippen LogP contribution in [0.15, 0.2) is 18.2 Å². The Kier molecular flexibility index (Phi) is 8.78. The molecular formula is C28H42N2O7. The maximum atomic E-state index is 13.9. The maximum Gasteiger partial charge on any atom is 0.415 e. The number of amides is 1. The summed E-state index contributed by atoms with van der Waals surface area (Å²) in [5.41, 5.74) is -0.120. The van der Waals surface area contributed by atoms with Crippen LogP contribution in [0.25, 0.3) is 0 Å². The van der Waals surface area contributed by atoms with Crippen LogP contribution in [0.4, 0.5) is 10.5 Å². The highest BCUT2D eigenvalue weighted by atomic mass is 16.6. The number of benzene rings is 1. The Morgan fingerprint density at radius 3 is 2.24 bits per heavy atom. The number of carbonyl (C=O) groups excluding carboxylic acids is 3. The van der Waals surface area contributed by atoms with Gasteiger partial charge in [-0.3, -0.25) is 14.5 Å². The maximum absolute atomic E-state index is 13.9. The number of hydrogen-bond donors (Lipinski definition) is 1. The molecule has 1 aromatic rings. The molecule has 0 aromatic heterocycles. The van der Waals surface area contributed by atoms with Gasteiger partial charge >= 0.3 is 18.0 Å². The molecule has 9 nitrogen and oxygen atoms in total. The number of fused-ring (bicyclic) bond motifs is 2. The van der Waals surface area contributed by atoms with E-state index in [1.165, 1.54) is 4.90 Å². The number of hydrogen-bond acceptors (Lipinski definition) is 8. The molecule has 37 heavy (non-hydrogen) atoms. The van der Waals surface area contributed by atoms with E-state index in [2.05, 4.69) is 19.2 Å². The standard InChI is InChI=1S/C28H42N2O7/c1-9-35-24(31)22(25(32)36-10-2)23-28(13-14-29-21(28)15-17(3)4)19-12-11-18(34-8)16-20(19)30(23)26(33)37-27(5,6)7/h11-12,16-17,21-23,29H,9-10,13-15H2,1-8H3/t21-,23-,28+/m0/s1. The molecule has 2 aliphatic rings. The molecule has 2 heterocycles. The third-order valence-electron chi connectivity index (χ3n) is 7.02. The Morgan fingerprint density at radius 2 is 1.73 bits per heavy atom. The van der Waals surface area contributed by atoms with Gasteiger partial charge in [-0.25, -0.2) is 4.79 Å². The zero-order valence-corrected chi connectivity index (χ0v) is 23.4. The van der Waals surface area contributed by atoms with E-state index in [9.17, 15) is 14.4 Å². The monoisotopic (exact) mass is 518 g/mol. The summed E-state index contributed by atoms with van der Waals surface area (Å²) < 4.78 is 22.2. The number of ether oxygens (including phenoxy) is 4. The highest BCUT2D eigenvalue weighted by Crippen LogP contribution is 2.56. The van der Waals surface area contributed by atoms with E-state index in [4.69, 9.17) is 18.9 Å². The molecule has 1 amide bonds. The second kappa shape index (κ2) is 11.3. The minimum absolute atomic E-state index is 0.0926. The first kappa shape index (κ1) is 28.8. The van der Waals surface area contributed by atoms with Gasteiger partial charge in [0.25, 0.3) is 0 Å². The molecule has 1 spiro atoms. The number of esters is 2. The number of anilines is 1. The molecule has 9 heteroatoms. The Hall–Kier alpha value is -2.81. The summed E-state index contributed by atoms with van der Waals surface area (Å²) in [7, 11) is 1.56. The summed E-state index contributed by atoms with van der Waals surface area (Å²) in [6.45, 7) is 13.8. The molecule has 0 saturated carbocycles. The average molecular weight is 519 g/mol. The number of rotatable bonds is 8. The molecule has 3 rings (SSSR count). The van der Waals surface area contributed by atoms with Gasteiger partial charge in [0.05, 0.1) is 32.1 Å². The van der Waals surface area contributed by atoms with Crippen molar-refractivity contribution in [1.82, 2.24) is 5.32 Å². The lowest BCUT2D eigenvalue weighted by molar-refractivity contribution is -0.163. The highest BCUT2D eigenvalue weighted by molar-refractivity contribution is 6.01. The predicted octanol–water partition coefficient (Wildman–Crippen LogP) is 4.21. The van der Waals surface area contributed by atoms with Crippen molar-refractivity contribution in [3.05, 3.63) is 23.8 Å². The Morgan fingerprint density at radius 1 is 1.11 bits per heavy atom. The van der Waals surface area contributed by atoms with Crippen molar-refractivity contribution in [2.75, 3.05) is 31.8 Å². The zero-order chi connectivity index (χ0) is 27.5. The smallest absolute Gasteiger partial charge is 0.415 e. The number of carbonyl (C=O) groups is 3. The number of nitrogens with one attached hydrogen (secondary N) is 1. The third-order valence-corrected chi connectivity index (χ3v) is 7.02. The summed E-state index contributed by atoms with van der Waals surface area (Å²) >= 11 is 0. The van der Waals surface area contributed by atoms with E-state index in [0.29, 0.717) is 30.3 Å². The highest BCUT2D eigenvalue weighted by Gasteiger charge is 2.64. The predicted molar refractivity (Wildman–Crippen MR) is 140 cm³/mol.